The summed E-state index contributed by atoms with van der Waals surface area (Å²) in [5, 5.41) is 7.85. The van der Waals surface area contributed by atoms with E-state index in [2.05, 4.69) is 15.6 Å². The lowest BCUT2D eigenvalue weighted by Crippen LogP contribution is -2.57. The molecule has 0 aliphatic carbocycles. The van der Waals surface area contributed by atoms with E-state index in [4.69, 9.17) is 4.42 Å². The van der Waals surface area contributed by atoms with Crippen LogP contribution in [0.1, 0.15) is 5.69 Å². The Morgan fingerprint density at radius 1 is 1.42 bits per heavy atom. The Morgan fingerprint density at radius 2 is 2.19 bits per heavy atom. The maximum Gasteiger partial charge on any atom is 0.405 e. The summed E-state index contributed by atoms with van der Waals surface area (Å²) in [6.45, 7) is 1.17. The van der Waals surface area contributed by atoms with Crippen molar-refractivity contribution in [3.8, 4) is 10.6 Å². The van der Waals surface area contributed by atoms with Gasteiger partial charge in [-0.1, -0.05) is 0 Å². The third kappa shape index (κ3) is 4.83. The summed E-state index contributed by atoms with van der Waals surface area (Å²) in [6, 6.07) is 0.0786. The van der Waals surface area contributed by atoms with Gasteiger partial charge in [0.1, 0.15) is 17.3 Å². The predicted molar refractivity (Wildman–Crippen MR) is 90.8 cm³/mol. The van der Waals surface area contributed by atoms with Crippen molar-refractivity contribution < 1.29 is 22.4 Å². The number of piperazine rings is 1. The van der Waals surface area contributed by atoms with Gasteiger partial charge in [-0.3, -0.25) is 9.69 Å². The molecular formula is C16H19F3N4O2S. The number of hydrogen-bond donors (Lipinski definition) is 2. The third-order valence-electron chi connectivity index (χ3n) is 4.12. The molecule has 0 bridgehead atoms. The number of furan rings is 1. The van der Waals surface area contributed by atoms with Gasteiger partial charge in [0.2, 0.25) is 5.91 Å². The number of amides is 1. The summed E-state index contributed by atoms with van der Waals surface area (Å²) < 4.78 is 44.9. The van der Waals surface area contributed by atoms with Gasteiger partial charge in [-0.05, 0) is 6.07 Å². The van der Waals surface area contributed by atoms with Gasteiger partial charge >= 0.3 is 6.18 Å². The van der Waals surface area contributed by atoms with Crippen LogP contribution in [0, 0.1) is 0 Å². The molecule has 1 aliphatic rings. The van der Waals surface area contributed by atoms with Crippen molar-refractivity contribution in [3.63, 3.8) is 0 Å². The van der Waals surface area contributed by atoms with Gasteiger partial charge in [0.15, 0.2) is 0 Å². The number of thiazole rings is 1. The van der Waals surface area contributed by atoms with Crippen LogP contribution in [0.2, 0.25) is 0 Å². The van der Waals surface area contributed by atoms with Gasteiger partial charge in [0, 0.05) is 43.7 Å². The van der Waals surface area contributed by atoms with Gasteiger partial charge in [0.05, 0.1) is 18.4 Å². The minimum absolute atomic E-state index is 0.0551. The molecule has 0 aromatic carbocycles. The summed E-state index contributed by atoms with van der Waals surface area (Å²) in [5.41, 5.74) is 1.33. The number of rotatable bonds is 6. The molecule has 10 heteroatoms. The van der Waals surface area contributed by atoms with Gasteiger partial charge in [-0.25, -0.2) is 4.98 Å². The number of hydrogen-bond acceptors (Lipinski definition) is 6. The number of aromatic nitrogens is 1. The third-order valence-corrected chi connectivity index (χ3v) is 5.06. The van der Waals surface area contributed by atoms with Crippen LogP contribution < -0.4 is 10.6 Å². The van der Waals surface area contributed by atoms with Crippen molar-refractivity contribution in [1.29, 1.82) is 0 Å². The summed E-state index contributed by atoms with van der Waals surface area (Å²) in [4.78, 5) is 17.7. The fourth-order valence-corrected chi connectivity index (χ4v) is 3.60. The summed E-state index contributed by atoms with van der Waals surface area (Å²) >= 11 is 1.35. The fourth-order valence-electron chi connectivity index (χ4n) is 2.79. The van der Waals surface area contributed by atoms with E-state index in [-0.39, 0.29) is 6.42 Å². The number of halogens is 3. The number of nitrogens with zero attached hydrogens (tertiary/aromatic N) is 2. The highest BCUT2D eigenvalue weighted by molar-refractivity contribution is 7.13. The van der Waals surface area contributed by atoms with Crippen LogP contribution in [0.5, 0.6) is 0 Å². The largest absolute Gasteiger partial charge is 0.472 e. The molecule has 1 amide bonds. The molecule has 2 aromatic heterocycles. The monoisotopic (exact) mass is 388 g/mol. The van der Waals surface area contributed by atoms with E-state index in [0.717, 1.165) is 5.56 Å². The lowest BCUT2D eigenvalue weighted by molar-refractivity contribution is -0.184. The number of carbonyl (C=O) groups excluding carboxylic acids is 1. The van der Waals surface area contributed by atoms with Crippen LogP contribution in [0.3, 0.4) is 0 Å². The smallest absolute Gasteiger partial charge is 0.405 e. The Kier molecular flexibility index (Phi) is 5.94. The van der Waals surface area contributed by atoms with Crippen LogP contribution in [-0.2, 0) is 11.2 Å². The molecule has 1 aliphatic heterocycles. The first-order valence-electron chi connectivity index (χ1n) is 8.18. The molecule has 0 saturated carbocycles. The van der Waals surface area contributed by atoms with E-state index in [0.29, 0.717) is 36.9 Å². The number of alkyl halides is 3. The van der Waals surface area contributed by atoms with Gasteiger partial charge < -0.3 is 15.1 Å². The van der Waals surface area contributed by atoms with Crippen LogP contribution in [0.25, 0.3) is 10.6 Å². The highest BCUT2D eigenvalue weighted by Gasteiger charge is 2.43. The average molecular weight is 388 g/mol. The molecule has 142 valence electrons. The van der Waals surface area contributed by atoms with E-state index in [1.54, 1.807) is 17.7 Å². The fraction of sp³-hybridized carbons (Fsp3) is 0.500. The molecule has 1 fully saturated rings. The van der Waals surface area contributed by atoms with Crippen LogP contribution >= 0.6 is 11.3 Å². The maximum absolute atomic E-state index is 13.3. The van der Waals surface area contributed by atoms with Crippen molar-refractivity contribution >= 4 is 17.2 Å². The first-order valence-corrected chi connectivity index (χ1v) is 9.06. The normalized spacial score (nSPS) is 17.2. The Bertz CT molecular complexity index is 711. The SMILES string of the molecule is O=C(Cc1csc(-c2ccoc2)n1)NCC(N1CCNCC1)C(F)(F)F. The Balaban J connectivity index is 1.55. The van der Waals surface area contributed by atoms with Crippen molar-refractivity contribution in [2.24, 2.45) is 0 Å². The summed E-state index contributed by atoms with van der Waals surface area (Å²) in [6.07, 6.45) is -1.37. The van der Waals surface area contributed by atoms with Crippen molar-refractivity contribution in [3.05, 3.63) is 29.7 Å². The first-order chi connectivity index (χ1) is 12.4. The Morgan fingerprint density at radius 3 is 2.85 bits per heavy atom. The minimum atomic E-state index is -4.39. The molecule has 1 atom stereocenters. The van der Waals surface area contributed by atoms with Crippen LogP contribution in [-0.4, -0.2) is 60.7 Å². The van der Waals surface area contributed by atoms with E-state index >= 15 is 0 Å². The van der Waals surface area contributed by atoms with Gasteiger partial charge in [-0.2, -0.15) is 13.2 Å². The van der Waals surface area contributed by atoms with Crippen molar-refractivity contribution in [2.45, 2.75) is 18.6 Å². The lowest BCUT2D eigenvalue weighted by Gasteiger charge is -2.35. The molecule has 1 saturated heterocycles. The molecule has 26 heavy (non-hydrogen) atoms. The topological polar surface area (TPSA) is 70.4 Å². The molecule has 3 rings (SSSR count). The molecule has 2 N–H and O–H groups in total. The standard InChI is InChI=1S/C16H19F3N4O2S/c17-16(18,19)13(23-4-2-20-3-5-23)8-21-14(24)7-12-10-26-15(22-12)11-1-6-25-9-11/h1,6,9-10,13,20H,2-5,7-8H2,(H,21,24). The minimum Gasteiger partial charge on any atom is -0.472 e. The van der Waals surface area contributed by atoms with E-state index < -0.39 is 24.7 Å². The van der Waals surface area contributed by atoms with E-state index in [1.807, 2.05) is 0 Å². The highest BCUT2D eigenvalue weighted by Crippen LogP contribution is 2.25. The quantitative estimate of drug-likeness (QED) is 0.791. The zero-order valence-corrected chi connectivity index (χ0v) is 14.7. The Labute approximate surface area is 152 Å². The molecule has 3 heterocycles. The second kappa shape index (κ2) is 8.19. The van der Waals surface area contributed by atoms with Gasteiger partial charge in [0.25, 0.3) is 0 Å². The second-order valence-electron chi connectivity index (χ2n) is 5.98. The van der Waals surface area contributed by atoms with E-state index in [1.165, 1.54) is 22.5 Å². The molecule has 2 aromatic rings. The molecule has 1 unspecified atom stereocenters. The van der Waals surface area contributed by atoms with Crippen LogP contribution in [0.4, 0.5) is 13.2 Å². The Hall–Kier alpha value is -1.91. The first kappa shape index (κ1) is 18.9. The number of nitrogens with one attached hydrogen (secondary N) is 2. The molecular weight excluding hydrogens is 369 g/mol. The molecule has 0 radical (unpaired) electrons. The highest BCUT2D eigenvalue weighted by atomic mass is 32.1. The zero-order valence-electron chi connectivity index (χ0n) is 13.9. The molecule has 0 spiro atoms. The second-order valence-corrected chi connectivity index (χ2v) is 6.84. The predicted octanol–water partition coefficient (Wildman–Crippen LogP) is 1.90. The maximum atomic E-state index is 13.3. The van der Waals surface area contributed by atoms with Gasteiger partial charge in [-0.15, -0.1) is 11.3 Å². The zero-order chi connectivity index (χ0) is 18.6. The molecule has 6 nitrogen and oxygen atoms in total. The number of carbonyl (C=O) groups is 1. The van der Waals surface area contributed by atoms with E-state index in [9.17, 15) is 18.0 Å². The van der Waals surface area contributed by atoms with Crippen LogP contribution in [0.15, 0.2) is 28.4 Å². The summed E-state index contributed by atoms with van der Waals surface area (Å²) in [7, 11) is 0. The van der Waals surface area contributed by atoms with Crippen molar-refractivity contribution in [1.82, 2.24) is 20.5 Å². The summed E-state index contributed by atoms with van der Waals surface area (Å²) in [5.74, 6) is -0.474. The average Bonchev–Trinajstić information content (AvgIpc) is 3.26. The lowest BCUT2D eigenvalue weighted by atomic mass is 10.2. The van der Waals surface area contributed by atoms with Crippen molar-refractivity contribution in [2.75, 3.05) is 32.7 Å².